The third-order valence-electron chi connectivity index (χ3n) is 7.09. The fraction of sp³-hybridized carbons (Fsp3) is 0.654. The first-order chi connectivity index (χ1) is 15.9. The van der Waals surface area contributed by atoms with E-state index in [4.69, 9.17) is 4.74 Å². The number of amides is 3. The number of benzene rings is 1. The van der Waals surface area contributed by atoms with E-state index in [1.807, 2.05) is 48.8 Å². The van der Waals surface area contributed by atoms with Gasteiger partial charge in [0, 0.05) is 31.6 Å². The van der Waals surface area contributed by atoms with Crippen LogP contribution in [0.15, 0.2) is 30.3 Å². The highest BCUT2D eigenvalue weighted by Gasteiger charge is 2.37. The van der Waals surface area contributed by atoms with Gasteiger partial charge in [-0.25, -0.2) is 0 Å². The van der Waals surface area contributed by atoms with Crippen LogP contribution in [0.1, 0.15) is 59.3 Å². The molecule has 3 rings (SSSR count). The predicted octanol–water partition coefficient (Wildman–Crippen LogP) is 3.24. The van der Waals surface area contributed by atoms with Crippen molar-refractivity contribution in [1.82, 2.24) is 15.1 Å². The molecule has 7 heteroatoms. The maximum atomic E-state index is 13.4. The summed E-state index contributed by atoms with van der Waals surface area (Å²) in [6, 6.07) is 8.53. The highest BCUT2D eigenvalue weighted by molar-refractivity contribution is 5.89. The zero-order valence-corrected chi connectivity index (χ0v) is 20.3. The van der Waals surface area contributed by atoms with Crippen molar-refractivity contribution in [1.29, 1.82) is 0 Å². The van der Waals surface area contributed by atoms with Gasteiger partial charge in [0.2, 0.25) is 11.8 Å². The lowest BCUT2D eigenvalue weighted by molar-refractivity contribution is -0.148. The smallest absolute Gasteiger partial charge is 0.258 e. The number of hydrogen-bond acceptors (Lipinski definition) is 4. The van der Waals surface area contributed by atoms with Crippen LogP contribution >= 0.6 is 0 Å². The minimum atomic E-state index is -0.602. The summed E-state index contributed by atoms with van der Waals surface area (Å²) in [6.07, 6.45) is 6.23. The van der Waals surface area contributed by atoms with Gasteiger partial charge in [0.05, 0.1) is 0 Å². The van der Waals surface area contributed by atoms with Gasteiger partial charge in [0.15, 0.2) is 6.61 Å². The largest absolute Gasteiger partial charge is 0.484 e. The second kappa shape index (κ2) is 12.1. The number of nitrogens with one attached hydrogen (secondary N) is 1. The molecule has 7 nitrogen and oxygen atoms in total. The van der Waals surface area contributed by atoms with Crippen molar-refractivity contribution < 1.29 is 19.1 Å². The number of carbonyl (C=O) groups is 3. The molecule has 1 N–H and O–H groups in total. The Morgan fingerprint density at radius 3 is 2.42 bits per heavy atom. The number of ether oxygens (including phenoxy) is 1. The first-order valence-electron chi connectivity index (χ1n) is 12.5. The van der Waals surface area contributed by atoms with Crippen LogP contribution in [0.25, 0.3) is 0 Å². The summed E-state index contributed by atoms with van der Waals surface area (Å²) in [5.74, 6) is 0.618. The molecule has 0 aromatic heterocycles. The molecule has 3 unspecified atom stereocenters. The summed E-state index contributed by atoms with van der Waals surface area (Å²) in [5.41, 5.74) is 0. The minimum Gasteiger partial charge on any atom is -0.484 e. The average Bonchev–Trinajstić information content (AvgIpc) is 2.85. The van der Waals surface area contributed by atoms with E-state index >= 15 is 0 Å². The predicted molar refractivity (Wildman–Crippen MR) is 128 cm³/mol. The van der Waals surface area contributed by atoms with Crippen molar-refractivity contribution >= 4 is 17.7 Å². The molecule has 3 atom stereocenters. The van der Waals surface area contributed by atoms with Crippen molar-refractivity contribution in [2.24, 2.45) is 11.8 Å². The van der Waals surface area contributed by atoms with Gasteiger partial charge < -0.3 is 19.9 Å². The molecule has 2 fully saturated rings. The molecule has 33 heavy (non-hydrogen) atoms. The van der Waals surface area contributed by atoms with E-state index in [0.717, 1.165) is 32.1 Å². The molecule has 2 aliphatic rings. The zero-order valence-electron chi connectivity index (χ0n) is 20.3. The number of para-hydroxylation sites is 1. The van der Waals surface area contributed by atoms with Gasteiger partial charge in [-0.05, 0) is 37.8 Å². The summed E-state index contributed by atoms with van der Waals surface area (Å²) in [6.45, 7) is 7.44. The number of carbonyl (C=O) groups excluding carboxylic acids is 3. The fourth-order valence-corrected chi connectivity index (χ4v) is 4.83. The fourth-order valence-electron chi connectivity index (χ4n) is 4.83. The van der Waals surface area contributed by atoms with E-state index in [-0.39, 0.29) is 42.2 Å². The van der Waals surface area contributed by atoms with Gasteiger partial charge in [0.1, 0.15) is 11.8 Å². The topological polar surface area (TPSA) is 79.0 Å². The molecular formula is C26H39N3O4. The van der Waals surface area contributed by atoms with E-state index in [9.17, 15) is 14.4 Å². The summed E-state index contributed by atoms with van der Waals surface area (Å²) in [7, 11) is 0. The Labute approximate surface area is 197 Å². The Balaban J connectivity index is 1.56. The van der Waals surface area contributed by atoms with Gasteiger partial charge in [-0.15, -0.1) is 0 Å². The van der Waals surface area contributed by atoms with Crippen LogP contribution < -0.4 is 10.1 Å². The van der Waals surface area contributed by atoms with Gasteiger partial charge in [-0.2, -0.15) is 0 Å². The van der Waals surface area contributed by atoms with Crippen LogP contribution in [-0.4, -0.2) is 65.8 Å². The molecule has 1 saturated heterocycles. The molecule has 1 saturated carbocycles. The molecule has 1 aliphatic heterocycles. The van der Waals surface area contributed by atoms with Gasteiger partial charge >= 0.3 is 0 Å². The maximum absolute atomic E-state index is 13.4. The van der Waals surface area contributed by atoms with E-state index in [1.165, 1.54) is 6.42 Å². The normalized spacial score (nSPS) is 21.2. The molecule has 1 heterocycles. The van der Waals surface area contributed by atoms with Gasteiger partial charge in [-0.1, -0.05) is 57.7 Å². The molecule has 1 aromatic rings. The van der Waals surface area contributed by atoms with Crippen molar-refractivity contribution in [2.45, 2.75) is 71.4 Å². The lowest BCUT2D eigenvalue weighted by Gasteiger charge is -2.43. The van der Waals surface area contributed by atoms with Crippen molar-refractivity contribution in [3.8, 4) is 5.75 Å². The highest BCUT2D eigenvalue weighted by atomic mass is 16.5. The zero-order chi connectivity index (χ0) is 23.8. The third-order valence-corrected chi connectivity index (χ3v) is 7.09. The van der Waals surface area contributed by atoms with E-state index in [2.05, 4.69) is 5.32 Å². The maximum Gasteiger partial charge on any atom is 0.258 e. The monoisotopic (exact) mass is 457 g/mol. The van der Waals surface area contributed by atoms with Crippen LogP contribution in [0.5, 0.6) is 5.75 Å². The third kappa shape index (κ3) is 6.71. The van der Waals surface area contributed by atoms with Gasteiger partial charge in [-0.3, -0.25) is 14.4 Å². The summed E-state index contributed by atoms with van der Waals surface area (Å²) in [5, 5.41) is 2.90. The number of nitrogens with zero attached hydrogens (tertiary/aromatic N) is 2. The van der Waals surface area contributed by atoms with Crippen molar-refractivity contribution in [3.05, 3.63) is 30.3 Å². The van der Waals surface area contributed by atoms with Crippen LogP contribution in [0, 0.1) is 11.8 Å². The molecule has 0 radical (unpaired) electrons. The van der Waals surface area contributed by atoms with E-state index in [1.54, 1.807) is 12.1 Å². The second-order valence-corrected chi connectivity index (χ2v) is 9.53. The molecule has 3 amide bonds. The lowest BCUT2D eigenvalue weighted by Crippen LogP contribution is -2.61. The molecule has 182 valence electrons. The Hall–Kier alpha value is -2.57. The number of piperazine rings is 1. The summed E-state index contributed by atoms with van der Waals surface area (Å²) >= 11 is 0. The Morgan fingerprint density at radius 2 is 1.79 bits per heavy atom. The molecule has 1 aliphatic carbocycles. The van der Waals surface area contributed by atoms with Crippen molar-refractivity contribution in [3.63, 3.8) is 0 Å². The molecule has 0 spiro atoms. The molecule has 1 aromatic carbocycles. The minimum absolute atomic E-state index is 0.00428. The first-order valence-corrected chi connectivity index (χ1v) is 12.5. The van der Waals surface area contributed by atoms with Crippen LogP contribution in [0.2, 0.25) is 0 Å². The average molecular weight is 458 g/mol. The van der Waals surface area contributed by atoms with Gasteiger partial charge in [0.25, 0.3) is 5.91 Å². The summed E-state index contributed by atoms with van der Waals surface area (Å²) < 4.78 is 5.54. The SMILES string of the molecule is CCC(C)C(NC(=O)COc1ccccc1)C(=O)N1CCN(C(=O)C2CCCCC2)C(C)C1. The Bertz CT molecular complexity index is 794. The molecule has 0 bridgehead atoms. The number of hydrogen-bond donors (Lipinski definition) is 1. The second-order valence-electron chi connectivity index (χ2n) is 9.53. The summed E-state index contributed by atoms with van der Waals surface area (Å²) in [4.78, 5) is 42.7. The quantitative estimate of drug-likeness (QED) is 0.650. The standard InChI is InChI=1S/C26H39N3O4/c1-4-19(2)24(27-23(30)18-33-22-13-9-6-10-14-22)26(32)28-15-16-29(20(3)17-28)25(31)21-11-7-5-8-12-21/h6,9-10,13-14,19-21,24H,4-5,7-8,11-12,15-18H2,1-3H3,(H,27,30). The number of rotatable bonds is 8. The highest BCUT2D eigenvalue weighted by Crippen LogP contribution is 2.27. The van der Waals surface area contributed by atoms with E-state index in [0.29, 0.717) is 25.4 Å². The Kier molecular flexibility index (Phi) is 9.15. The van der Waals surface area contributed by atoms with E-state index < -0.39 is 6.04 Å². The Morgan fingerprint density at radius 1 is 1.09 bits per heavy atom. The van der Waals surface area contributed by atoms with Crippen molar-refractivity contribution in [2.75, 3.05) is 26.2 Å². The first kappa shape index (κ1) is 25.1. The van der Waals surface area contributed by atoms with Crippen LogP contribution in [0.3, 0.4) is 0 Å². The van der Waals surface area contributed by atoms with Crippen LogP contribution in [0.4, 0.5) is 0 Å². The molecular weight excluding hydrogens is 418 g/mol. The van der Waals surface area contributed by atoms with Crippen LogP contribution in [-0.2, 0) is 14.4 Å². The lowest BCUT2D eigenvalue weighted by atomic mass is 9.87.